The Bertz CT molecular complexity index is 920. The fourth-order valence-electron chi connectivity index (χ4n) is 3.47. The van der Waals surface area contributed by atoms with Gasteiger partial charge < -0.3 is 9.80 Å². The van der Waals surface area contributed by atoms with Crippen molar-refractivity contribution >= 4 is 17.2 Å². The Balaban J connectivity index is 1.60. The highest BCUT2D eigenvalue weighted by molar-refractivity contribution is 7.13. The first-order chi connectivity index (χ1) is 13.1. The molecular formula is C22H23N3OS. The van der Waals surface area contributed by atoms with Crippen molar-refractivity contribution in [2.45, 2.75) is 13.0 Å². The highest BCUT2D eigenvalue weighted by Gasteiger charge is 2.31. The summed E-state index contributed by atoms with van der Waals surface area (Å²) in [6.45, 7) is 4.50. The van der Waals surface area contributed by atoms with E-state index >= 15 is 0 Å². The Morgan fingerprint density at radius 2 is 1.81 bits per heavy atom. The molecule has 1 aliphatic heterocycles. The lowest BCUT2D eigenvalue weighted by molar-refractivity contribution is 0.0493. The van der Waals surface area contributed by atoms with E-state index in [2.05, 4.69) is 60.3 Å². The van der Waals surface area contributed by atoms with Gasteiger partial charge in [-0.1, -0.05) is 60.2 Å². The van der Waals surface area contributed by atoms with Crippen LogP contribution in [0.4, 0.5) is 0 Å². The molecular weight excluding hydrogens is 354 g/mol. The van der Waals surface area contributed by atoms with Crippen molar-refractivity contribution in [2.75, 3.05) is 26.7 Å². The van der Waals surface area contributed by atoms with Gasteiger partial charge in [-0.2, -0.15) is 0 Å². The van der Waals surface area contributed by atoms with Crippen LogP contribution in [0.5, 0.6) is 0 Å². The topological polar surface area (TPSA) is 36.4 Å². The fourth-order valence-corrected chi connectivity index (χ4v) is 4.27. The summed E-state index contributed by atoms with van der Waals surface area (Å²) in [5.74, 6) is 0.0200. The summed E-state index contributed by atoms with van der Waals surface area (Å²) < 4.78 is 0. The number of thiazole rings is 1. The molecule has 0 spiro atoms. The number of benzene rings is 2. The number of carbonyl (C=O) groups excluding carboxylic acids is 1. The molecule has 0 radical (unpaired) electrons. The Kier molecular flexibility index (Phi) is 5.05. The van der Waals surface area contributed by atoms with Crippen LogP contribution < -0.4 is 0 Å². The molecule has 1 amide bonds. The van der Waals surface area contributed by atoms with Crippen LogP contribution in [-0.4, -0.2) is 47.4 Å². The maximum absolute atomic E-state index is 13.2. The fraction of sp³-hybridized carbons (Fsp3) is 0.273. The molecule has 1 fully saturated rings. The van der Waals surface area contributed by atoms with E-state index in [4.69, 9.17) is 0 Å². The zero-order valence-corrected chi connectivity index (χ0v) is 16.4. The highest BCUT2D eigenvalue weighted by Crippen LogP contribution is 2.29. The minimum atomic E-state index is 0.0200. The second-order valence-corrected chi connectivity index (χ2v) is 7.95. The van der Waals surface area contributed by atoms with Gasteiger partial charge in [0.25, 0.3) is 5.91 Å². The molecule has 0 bridgehead atoms. The minimum absolute atomic E-state index is 0.0200. The third-order valence-electron chi connectivity index (χ3n) is 5.05. The molecule has 138 valence electrons. The van der Waals surface area contributed by atoms with E-state index in [-0.39, 0.29) is 11.9 Å². The van der Waals surface area contributed by atoms with Gasteiger partial charge in [-0.25, -0.2) is 4.98 Å². The minimum Gasteiger partial charge on any atom is -0.328 e. The Hall–Kier alpha value is -2.50. The number of rotatable bonds is 3. The normalized spacial score (nSPS) is 17.9. The smallest absolute Gasteiger partial charge is 0.273 e. The maximum atomic E-state index is 13.2. The monoisotopic (exact) mass is 377 g/mol. The zero-order chi connectivity index (χ0) is 18.8. The number of hydrogen-bond acceptors (Lipinski definition) is 4. The molecule has 1 aliphatic rings. The van der Waals surface area contributed by atoms with Gasteiger partial charge in [0.05, 0.1) is 6.04 Å². The van der Waals surface area contributed by atoms with Crippen LogP contribution in [0.3, 0.4) is 0 Å². The number of amides is 1. The highest BCUT2D eigenvalue weighted by atomic mass is 32.1. The van der Waals surface area contributed by atoms with E-state index in [1.807, 2.05) is 28.5 Å². The standard InChI is InChI=1S/C22H23N3OS/c1-16-8-10-18(11-9-16)21-23-19(15-27-21)22(26)25-13-12-24(2)14-20(25)17-6-4-3-5-7-17/h3-11,15,20H,12-14H2,1-2H3. The van der Waals surface area contributed by atoms with Gasteiger partial charge in [0, 0.05) is 30.6 Å². The molecule has 0 saturated carbocycles. The summed E-state index contributed by atoms with van der Waals surface area (Å²) in [7, 11) is 2.11. The summed E-state index contributed by atoms with van der Waals surface area (Å²) in [5, 5.41) is 2.78. The van der Waals surface area contributed by atoms with Crippen LogP contribution in [0.15, 0.2) is 60.0 Å². The molecule has 0 aliphatic carbocycles. The number of aryl methyl sites for hydroxylation is 1. The van der Waals surface area contributed by atoms with E-state index in [0.29, 0.717) is 12.2 Å². The Morgan fingerprint density at radius 1 is 1.07 bits per heavy atom. The zero-order valence-electron chi connectivity index (χ0n) is 15.6. The third kappa shape index (κ3) is 3.80. The SMILES string of the molecule is Cc1ccc(-c2nc(C(=O)N3CCN(C)CC3c3ccccc3)cs2)cc1. The van der Waals surface area contributed by atoms with Crippen molar-refractivity contribution in [1.82, 2.24) is 14.8 Å². The molecule has 5 heteroatoms. The van der Waals surface area contributed by atoms with Crippen molar-refractivity contribution in [3.05, 3.63) is 76.8 Å². The number of nitrogens with zero attached hydrogens (tertiary/aromatic N) is 3. The second-order valence-electron chi connectivity index (χ2n) is 7.09. The van der Waals surface area contributed by atoms with Crippen molar-refractivity contribution < 1.29 is 4.79 Å². The molecule has 1 saturated heterocycles. The second kappa shape index (κ2) is 7.62. The van der Waals surface area contributed by atoms with Crippen LogP contribution in [0.2, 0.25) is 0 Å². The summed E-state index contributed by atoms with van der Waals surface area (Å²) in [4.78, 5) is 22.1. The predicted molar refractivity (Wildman–Crippen MR) is 110 cm³/mol. The van der Waals surface area contributed by atoms with E-state index in [0.717, 1.165) is 23.7 Å². The van der Waals surface area contributed by atoms with Crippen molar-refractivity contribution in [3.8, 4) is 10.6 Å². The van der Waals surface area contributed by atoms with E-state index in [1.165, 1.54) is 22.5 Å². The van der Waals surface area contributed by atoms with E-state index in [9.17, 15) is 4.79 Å². The van der Waals surface area contributed by atoms with Gasteiger partial charge in [0.15, 0.2) is 0 Å². The maximum Gasteiger partial charge on any atom is 0.273 e. The lowest BCUT2D eigenvalue weighted by Gasteiger charge is -2.40. The molecule has 0 N–H and O–H groups in total. The van der Waals surface area contributed by atoms with Crippen molar-refractivity contribution in [1.29, 1.82) is 0 Å². The van der Waals surface area contributed by atoms with E-state index in [1.54, 1.807) is 0 Å². The first-order valence-electron chi connectivity index (χ1n) is 9.19. The molecule has 2 heterocycles. The summed E-state index contributed by atoms with van der Waals surface area (Å²) >= 11 is 1.53. The van der Waals surface area contributed by atoms with Crippen LogP contribution in [-0.2, 0) is 0 Å². The van der Waals surface area contributed by atoms with Gasteiger partial charge in [0.1, 0.15) is 10.7 Å². The van der Waals surface area contributed by atoms with Crippen molar-refractivity contribution in [2.24, 2.45) is 0 Å². The van der Waals surface area contributed by atoms with Crippen molar-refractivity contribution in [3.63, 3.8) is 0 Å². The molecule has 2 aromatic carbocycles. The number of aromatic nitrogens is 1. The average molecular weight is 378 g/mol. The van der Waals surface area contributed by atoms with Crippen LogP contribution >= 0.6 is 11.3 Å². The molecule has 1 aromatic heterocycles. The first-order valence-corrected chi connectivity index (χ1v) is 10.1. The summed E-state index contributed by atoms with van der Waals surface area (Å²) in [6, 6.07) is 18.6. The average Bonchev–Trinajstić information content (AvgIpc) is 3.19. The number of piperazine rings is 1. The number of hydrogen-bond donors (Lipinski definition) is 0. The summed E-state index contributed by atoms with van der Waals surface area (Å²) in [6.07, 6.45) is 0. The molecule has 27 heavy (non-hydrogen) atoms. The van der Waals surface area contributed by atoms with Gasteiger partial charge in [-0.05, 0) is 19.5 Å². The molecule has 3 aromatic rings. The largest absolute Gasteiger partial charge is 0.328 e. The van der Waals surface area contributed by atoms with Crippen LogP contribution in [0.25, 0.3) is 10.6 Å². The van der Waals surface area contributed by atoms with Crippen LogP contribution in [0.1, 0.15) is 27.7 Å². The summed E-state index contributed by atoms with van der Waals surface area (Å²) in [5.41, 5.74) is 3.99. The molecule has 1 unspecified atom stereocenters. The van der Waals surface area contributed by atoms with Gasteiger partial charge in [-0.3, -0.25) is 4.79 Å². The van der Waals surface area contributed by atoms with Gasteiger partial charge >= 0.3 is 0 Å². The van der Waals surface area contributed by atoms with Gasteiger partial charge in [-0.15, -0.1) is 11.3 Å². The number of likely N-dealkylation sites (N-methyl/N-ethyl adjacent to an activating group) is 1. The molecule has 1 atom stereocenters. The predicted octanol–water partition coefficient (Wildman–Crippen LogP) is 4.25. The first kappa shape index (κ1) is 17.9. The van der Waals surface area contributed by atoms with Crippen LogP contribution in [0, 0.1) is 6.92 Å². The van der Waals surface area contributed by atoms with Gasteiger partial charge in [0.2, 0.25) is 0 Å². The lowest BCUT2D eigenvalue weighted by Crippen LogP contribution is -2.49. The molecule has 4 rings (SSSR count). The van der Waals surface area contributed by atoms with E-state index < -0.39 is 0 Å². The third-order valence-corrected chi connectivity index (χ3v) is 5.94. The quantitative estimate of drug-likeness (QED) is 0.685. The number of carbonyl (C=O) groups is 1. The Morgan fingerprint density at radius 3 is 2.56 bits per heavy atom. The Labute approximate surface area is 164 Å². The molecule has 4 nitrogen and oxygen atoms in total. The lowest BCUT2D eigenvalue weighted by atomic mass is 10.0.